The van der Waals surface area contributed by atoms with E-state index in [1.54, 1.807) is 21.1 Å². The third-order valence-electron chi connectivity index (χ3n) is 2.78. The van der Waals surface area contributed by atoms with Crippen molar-refractivity contribution in [3.8, 4) is 0 Å². The van der Waals surface area contributed by atoms with Gasteiger partial charge < -0.3 is 10.1 Å². The predicted molar refractivity (Wildman–Crippen MR) is 59.3 cm³/mol. The van der Waals surface area contributed by atoms with Crippen molar-refractivity contribution >= 4 is 10.0 Å². The molecule has 0 amide bonds. The molecule has 0 saturated heterocycles. The van der Waals surface area contributed by atoms with Crippen molar-refractivity contribution in [1.82, 2.24) is 10.0 Å². The van der Waals surface area contributed by atoms with E-state index in [9.17, 15) is 8.42 Å². The molecule has 1 atom stereocenters. The number of sulfonamides is 1. The van der Waals surface area contributed by atoms with Gasteiger partial charge in [-0.3, -0.25) is 0 Å². The van der Waals surface area contributed by atoms with Crippen LogP contribution in [0, 0.1) is 0 Å². The fraction of sp³-hybridized carbons (Fsp3) is 1.00. The Morgan fingerprint density at radius 3 is 2.53 bits per heavy atom. The molecule has 0 radical (unpaired) electrons. The van der Waals surface area contributed by atoms with E-state index in [-0.39, 0.29) is 12.1 Å². The quantitative estimate of drug-likeness (QED) is 0.664. The normalized spacial score (nSPS) is 28.5. The van der Waals surface area contributed by atoms with Gasteiger partial charge in [0.05, 0.1) is 11.4 Å². The van der Waals surface area contributed by atoms with Gasteiger partial charge in [-0.05, 0) is 26.8 Å². The Labute approximate surface area is 91.6 Å². The van der Waals surface area contributed by atoms with E-state index in [0.29, 0.717) is 6.54 Å². The maximum atomic E-state index is 11.7. The number of nitrogens with one attached hydrogen (secondary N) is 2. The van der Waals surface area contributed by atoms with Gasteiger partial charge in [-0.1, -0.05) is 0 Å². The molecule has 0 bridgehead atoms. The SMILES string of the molecule is CNCC(C)S(=O)(=O)NC1CC(OC)C1. The highest BCUT2D eigenvalue weighted by Gasteiger charge is 2.33. The van der Waals surface area contributed by atoms with E-state index < -0.39 is 15.3 Å². The monoisotopic (exact) mass is 236 g/mol. The van der Waals surface area contributed by atoms with Crippen LogP contribution >= 0.6 is 0 Å². The molecule has 0 heterocycles. The molecule has 6 heteroatoms. The number of hydrogen-bond acceptors (Lipinski definition) is 4. The minimum Gasteiger partial charge on any atom is -0.381 e. The van der Waals surface area contributed by atoms with Crippen LogP contribution in [0.15, 0.2) is 0 Å². The predicted octanol–water partition coefficient (Wildman–Crippen LogP) is -0.309. The summed E-state index contributed by atoms with van der Waals surface area (Å²) in [4.78, 5) is 0. The van der Waals surface area contributed by atoms with Gasteiger partial charge in [0.2, 0.25) is 10.0 Å². The molecular weight excluding hydrogens is 216 g/mol. The topological polar surface area (TPSA) is 67.4 Å². The van der Waals surface area contributed by atoms with Crippen LogP contribution in [0.4, 0.5) is 0 Å². The number of methoxy groups -OCH3 is 1. The Balaban J connectivity index is 2.37. The summed E-state index contributed by atoms with van der Waals surface area (Å²) in [7, 11) is 0.216. The minimum absolute atomic E-state index is 0.0549. The van der Waals surface area contributed by atoms with Gasteiger partial charge in [-0.15, -0.1) is 0 Å². The average Bonchev–Trinajstić information content (AvgIpc) is 2.11. The molecule has 1 aliphatic carbocycles. The molecule has 0 spiro atoms. The molecule has 1 aliphatic rings. The van der Waals surface area contributed by atoms with Gasteiger partial charge in [0.1, 0.15) is 0 Å². The molecule has 1 rings (SSSR count). The highest BCUT2D eigenvalue weighted by atomic mass is 32.2. The van der Waals surface area contributed by atoms with Crippen LogP contribution in [-0.4, -0.2) is 46.5 Å². The Bertz CT molecular complexity index is 286. The standard InChI is InChI=1S/C9H20N2O3S/c1-7(6-10-2)15(12,13)11-8-4-9(5-8)14-3/h7-11H,4-6H2,1-3H3. The summed E-state index contributed by atoms with van der Waals surface area (Å²) >= 11 is 0. The highest BCUT2D eigenvalue weighted by molar-refractivity contribution is 7.90. The zero-order chi connectivity index (χ0) is 11.5. The van der Waals surface area contributed by atoms with Crippen molar-refractivity contribution in [3.05, 3.63) is 0 Å². The number of ether oxygens (including phenoxy) is 1. The van der Waals surface area contributed by atoms with Gasteiger partial charge in [0.15, 0.2) is 0 Å². The van der Waals surface area contributed by atoms with Gasteiger partial charge in [-0.2, -0.15) is 0 Å². The van der Waals surface area contributed by atoms with E-state index in [4.69, 9.17) is 4.74 Å². The summed E-state index contributed by atoms with van der Waals surface area (Å²) in [5.74, 6) is 0. The molecular formula is C9H20N2O3S. The van der Waals surface area contributed by atoms with E-state index in [0.717, 1.165) is 12.8 Å². The minimum atomic E-state index is -3.18. The Kier molecular flexibility index (Phi) is 4.51. The second-order valence-electron chi connectivity index (χ2n) is 4.06. The molecule has 0 aromatic heterocycles. The van der Waals surface area contributed by atoms with Crippen molar-refractivity contribution < 1.29 is 13.2 Å². The van der Waals surface area contributed by atoms with Gasteiger partial charge in [0, 0.05) is 19.7 Å². The average molecular weight is 236 g/mol. The second kappa shape index (κ2) is 5.25. The van der Waals surface area contributed by atoms with Crippen LogP contribution in [-0.2, 0) is 14.8 Å². The van der Waals surface area contributed by atoms with Gasteiger partial charge >= 0.3 is 0 Å². The summed E-state index contributed by atoms with van der Waals surface area (Å²) in [6, 6.07) is 0.0549. The molecule has 2 N–H and O–H groups in total. The summed E-state index contributed by atoms with van der Waals surface area (Å²) in [6.45, 7) is 2.17. The number of hydrogen-bond donors (Lipinski definition) is 2. The maximum Gasteiger partial charge on any atom is 0.215 e. The molecule has 1 saturated carbocycles. The summed E-state index contributed by atoms with van der Waals surface area (Å²) in [5, 5.41) is 2.46. The Hall–Kier alpha value is -0.170. The van der Waals surface area contributed by atoms with Crippen LogP contribution < -0.4 is 10.0 Å². The van der Waals surface area contributed by atoms with Crippen LogP contribution in [0.3, 0.4) is 0 Å². The zero-order valence-corrected chi connectivity index (χ0v) is 10.3. The van der Waals surface area contributed by atoms with Gasteiger partial charge in [-0.25, -0.2) is 13.1 Å². The first-order chi connectivity index (χ1) is 6.99. The second-order valence-corrected chi connectivity index (χ2v) is 6.19. The molecule has 0 aromatic carbocycles. The molecule has 0 aromatic rings. The fourth-order valence-corrected chi connectivity index (χ4v) is 2.88. The molecule has 1 fully saturated rings. The number of rotatable bonds is 6. The maximum absolute atomic E-state index is 11.7. The Morgan fingerprint density at radius 1 is 1.47 bits per heavy atom. The molecule has 1 unspecified atom stereocenters. The lowest BCUT2D eigenvalue weighted by Crippen LogP contribution is -2.50. The lowest BCUT2D eigenvalue weighted by Gasteiger charge is -2.35. The molecule has 15 heavy (non-hydrogen) atoms. The third kappa shape index (κ3) is 3.41. The summed E-state index contributed by atoms with van der Waals surface area (Å²) in [5.41, 5.74) is 0. The third-order valence-corrected chi connectivity index (χ3v) is 4.67. The van der Waals surface area contributed by atoms with Crippen LogP contribution in [0.25, 0.3) is 0 Å². The van der Waals surface area contributed by atoms with Crippen molar-refractivity contribution in [1.29, 1.82) is 0 Å². The van der Waals surface area contributed by atoms with Gasteiger partial charge in [0.25, 0.3) is 0 Å². The lowest BCUT2D eigenvalue weighted by atomic mass is 9.90. The first-order valence-electron chi connectivity index (χ1n) is 5.18. The summed E-state index contributed by atoms with van der Waals surface area (Å²) < 4.78 is 31.2. The van der Waals surface area contributed by atoms with E-state index in [2.05, 4.69) is 10.0 Å². The molecule has 5 nitrogen and oxygen atoms in total. The van der Waals surface area contributed by atoms with Crippen molar-refractivity contribution in [2.75, 3.05) is 20.7 Å². The van der Waals surface area contributed by atoms with Crippen molar-refractivity contribution in [3.63, 3.8) is 0 Å². The highest BCUT2D eigenvalue weighted by Crippen LogP contribution is 2.23. The largest absolute Gasteiger partial charge is 0.381 e. The smallest absolute Gasteiger partial charge is 0.215 e. The summed E-state index contributed by atoms with van der Waals surface area (Å²) in [6.07, 6.45) is 1.78. The molecule has 90 valence electrons. The van der Waals surface area contributed by atoms with Crippen LogP contribution in [0.5, 0.6) is 0 Å². The van der Waals surface area contributed by atoms with E-state index in [1.807, 2.05) is 0 Å². The first kappa shape index (κ1) is 12.9. The first-order valence-corrected chi connectivity index (χ1v) is 6.72. The van der Waals surface area contributed by atoms with Crippen molar-refractivity contribution in [2.45, 2.75) is 37.2 Å². The Morgan fingerprint density at radius 2 is 2.07 bits per heavy atom. The van der Waals surface area contributed by atoms with Crippen molar-refractivity contribution in [2.24, 2.45) is 0 Å². The van der Waals surface area contributed by atoms with E-state index in [1.165, 1.54) is 0 Å². The fourth-order valence-electron chi connectivity index (χ4n) is 1.60. The lowest BCUT2D eigenvalue weighted by molar-refractivity contribution is 0.0235. The zero-order valence-electron chi connectivity index (χ0n) is 9.49. The van der Waals surface area contributed by atoms with Crippen LogP contribution in [0.2, 0.25) is 0 Å². The van der Waals surface area contributed by atoms with Crippen LogP contribution in [0.1, 0.15) is 19.8 Å². The van der Waals surface area contributed by atoms with E-state index >= 15 is 0 Å². The molecule has 0 aliphatic heterocycles.